The van der Waals surface area contributed by atoms with Gasteiger partial charge in [0.1, 0.15) is 16.7 Å². The van der Waals surface area contributed by atoms with Crippen molar-refractivity contribution >= 4 is 60.9 Å². The molecule has 0 fully saturated rings. The number of hydrogen-bond donors (Lipinski definition) is 0. The molecule has 0 N–H and O–H groups in total. The zero-order valence-electron chi connectivity index (χ0n) is 29.9. The highest BCUT2D eigenvalue weighted by molar-refractivity contribution is 6.26. The molecule has 0 bridgehead atoms. The van der Waals surface area contributed by atoms with E-state index in [2.05, 4.69) is 164 Å². The van der Waals surface area contributed by atoms with Gasteiger partial charge in [0.05, 0.1) is 16.6 Å². The molecule has 256 valence electrons. The van der Waals surface area contributed by atoms with Crippen LogP contribution in [0.4, 0.5) is 17.1 Å². The molecule has 0 amide bonds. The van der Waals surface area contributed by atoms with Crippen LogP contribution in [-0.4, -0.2) is 4.98 Å². The van der Waals surface area contributed by atoms with Crippen LogP contribution in [0.5, 0.6) is 0 Å². The molecule has 0 atom stereocenters. The molecule has 4 nitrogen and oxygen atoms in total. The molecular weight excluding hydrogens is 661 g/mol. The van der Waals surface area contributed by atoms with Gasteiger partial charge >= 0.3 is 0 Å². The number of furan rings is 1. The number of benzene rings is 8. The summed E-state index contributed by atoms with van der Waals surface area (Å²) in [5.41, 5.74) is 14.6. The number of fused-ring (bicyclic) bond motifs is 9. The maximum Gasteiger partial charge on any atom is 0.231 e. The Kier molecular flexibility index (Phi) is 6.56. The van der Waals surface area contributed by atoms with Crippen LogP contribution in [0.2, 0.25) is 0 Å². The van der Waals surface area contributed by atoms with E-state index in [0.717, 1.165) is 66.4 Å². The maximum atomic E-state index is 6.90. The van der Waals surface area contributed by atoms with Gasteiger partial charge in [-0.3, -0.25) is 0 Å². The van der Waals surface area contributed by atoms with Crippen molar-refractivity contribution in [3.8, 4) is 33.7 Å². The summed E-state index contributed by atoms with van der Waals surface area (Å²) in [5.74, 6) is 0.543. The lowest BCUT2D eigenvalue weighted by Crippen LogP contribution is -2.16. The third-order valence-corrected chi connectivity index (χ3v) is 11.3. The Morgan fingerprint density at radius 2 is 1.20 bits per heavy atom. The van der Waals surface area contributed by atoms with Gasteiger partial charge in [0.25, 0.3) is 0 Å². The largest absolute Gasteiger partial charge is 0.455 e. The van der Waals surface area contributed by atoms with Crippen molar-refractivity contribution in [2.24, 2.45) is 0 Å². The fraction of sp³-hybridized carbons (Fsp3) is 0.0600. The highest BCUT2D eigenvalue weighted by Gasteiger charge is 2.36. The van der Waals surface area contributed by atoms with Crippen molar-refractivity contribution < 1.29 is 8.83 Å². The Balaban J connectivity index is 1.19. The Labute approximate surface area is 312 Å². The molecule has 0 spiro atoms. The van der Waals surface area contributed by atoms with Crippen molar-refractivity contribution in [2.75, 3.05) is 4.90 Å². The van der Waals surface area contributed by atoms with Gasteiger partial charge in [0, 0.05) is 22.2 Å². The van der Waals surface area contributed by atoms with Gasteiger partial charge in [-0.25, -0.2) is 4.98 Å². The fourth-order valence-electron chi connectivity index (χ4n) is 8.67. The van der Waals surface area contributed by atoms with E-state index in [9.17, 15) is 0 Å². The van der Waals surface area contributed by atoms with Crippen molar-refractivity contribution in [1.82, 2.24) is 4.98 Å². The SMILES string of the molecule is CC1(C)c2ccccc2-c2ccc(N(c3ccc(-c4ccccc4)cc3)c3cccc4oc5c(-c6nc7ccccc7o6)cc6ccccc6c5c34)cc21. The lowest BCUT2D eigenvalue weighted by atomic mass is 9.82. The van der Waals surface area contributed by atoms with Gasteiger partial charge in [-0.1, -0.05) is 129 Å². The second kappa shape index (κ2) is 11.5. The van der Waals surface area contributed by atoms with Crippen LogP contribution in [-0.2, 0) is 5.41 Å². The van der Waals surface area contributed by atoms with Crippen LogP contribution in [0.15, 0.2) is 179 Å². The summed E-state index contributed by atoms with van der Waals surface area (Å²) in [7, 11) is 0. The number of oxazole rings is 1. The lowest BCUT2D eigenvalue weighted by molar-refractivity contribution is 0.615. The van der Waals surface area contributed by atoms with E-state index in [-0.39, 0.29) is 5.41 Å². The minimum atomic E-state index is -0.149. The molecule has 1 aliphatic rings. The number of para-hydroxylation sites is 2. The zero-order chi connectivity index (χ0) is 36.0. The van der Waals surface area contributed by atoms with Crippen molar-refractivity contribution in [3.63, 3.8) is 0 Å². The number of aromatic nitrogens is 1. The number of rotatable bonds is 5. The van der Waals surface area contributed by atoms with E-state index in [0.29, 0.717) is 5.89 Å². The van der Waals surface area contributed by atoms with Crippen LogP contribution in [0.1, 0.15) is 25.0 Å². The van der Waals surface area contributed by atoms with Gasteiger partial charge in [0.2, 0.25) is 5.89 Å². The minimum Gasteiger partial charge on any atom is -0.455 e. The van der Waals surface area contributed by atoms with Crippen LogP contribution < -0.4 is 4.90 Å². The quantitative estimate of drug-likeness (QED) is 0.180. The molecule has 11 rings (SSSR count). The van der Waals surface area contributed by atoms with E-state index in [4.69, 9.17) is 13.8 Å². The molecule has 4 heteroatoms. The molecule has 1 aliphatic carbocycles. The predicted octanol–water partition coefficient (Wildman–Crippen LogP) is 14.0. The summed E-state index contributed by atoms with van der Waals surface area (Å²) in [6.07, 6.45) is 0. The van der Waals surface area contributed by atoms with E-state index in [1.165, 1.54) is 33.4 Å². The molecule has 54 heavy (non-hydrogen) atoms. The van der Waals surface area contributed by atoms with E-state index in [1.807, 2.05) is 24.3 Å². The summed E-state index contributed by atoms with van der Waals surface area (Å²) < 4.78 is 13.3. The molecule has 0 saturated carbocycles. The second-order valence-electron chi connectivity index (χ2n) is 14.7. The number of hydrogen-bond acceptors (Lipinski definition) is 4. The van der Waals surface area contributed by atoms with E-state index >= 15 is 0 Å². The first-order chi connectivity index (χ1) is 26.5. The highest BCUT2D eigenvalue weighted by Crippen LogP contribution is 2.52. The summed E-state index contributed by atoms with van der Waals surface area (Å²) in [5, 5.41) is 4.28. The van der Waals surface area contributed by atoms with Crippen molar-refractivity contribution in [2.45, 2.75) is 19.3 Å². The van der Waals surface area contributed by atoms with Gasteiger partial charge in [0.15, 0.2) is 5.58 Å². The minimum absolute atomic E-state index is 0.149. The van der Waals surface area contributed by atoms with Crippen molar-refractivity contribution in [1.29, 1.82) is 0 Å². The molecule has 0 radical (unpaired) electrons. The molecule has 10 aromatic rings. The zero-order valence-corrected chi connectivity index (χ0v) is 29.9. The summed E-state index contributed by atoms with van der Waals surface area (Å²) in [6.45, 7) is 4.68. The first kappa shape index (κ1) is 30.7. The lowest BCUT2D eigenvalue weighted by Gasteiger charge is -2.29. The molecule has 0 saturated heterocycles. The van der Waals surface area contributed by atoms with E-state index in [1.54, 1.807) is 0 Å². The Morgan fingerprint density at radius 1 is 0.500 bits per heavy atom. The smallest absolute Gasteiger partial charge is 0.231 e. The van der Waals surface area contributed by atoms with Crippen molar-refractivity contribution in [3.05, 3.63) is 181 Å². The van der Waals surface area contributed by atoms with Crippen LogP contribution in [0, 0.1) is 0 Å². The van der Waals surface area contributed by atoms with E-state index < -0.39 is 0 Å². The summed E-state index contributed by atoms with van der Waals surface area (Å²) in [6, 6.07) is 60.2. The molecular formula is C50H34N2O2. The Morgan fingerprint density at radius 3 is 2.07 bits per heavy atom. The third kappa shape index (κ3) is 4.53. The normalized spacial score (nSPS) is 13.1. The van der Waals surface area contributed by atoms with Crippen LogP contribution >= 0.6 is 0 Å². The first-order valence-corrected chi connectivity index (χ1v) is 18.5. The molecule has 2 aromatic heterocycles. The third-order valence-electron chi connectivity index (χ3n) is 11.3. The standard InChI is InChI=1S/C50H34N2O2/c1-50(2)40-18-9-8-17-37(40)38-28-27-35(30-41(38)50)52(34-25-23-32(24-26-34)31-13-4-3-5-14-31)43-20-12-22-45-47(43)46-36-16-7-6-15-33(36)29-39(48(46)53-45)49-51-42-19-10-11-21-44(42)54-49/h3-30H,1-2H3. The average molecular weight is 695 g/mol. The maximum absolute atomic E-state index is 6.90. The average Bonchev–Trinajstić information content (AvgIpc) is 3.90. The Hall–Kier alpha value is -6.91. The van der Waals surface area contributed by atoms with Crippen LogP contribution in [0.3, 0.4) is 0 Å². The van der Waals surface area contributed by atoms with Gasteiger partial charge in [-0.15, -0.1) is 0 Å². The monoisotopic (exact) mass is 694 g/mol. The first-order valence-electron chi connectivity index (χ1n) is 18.5. The van der Waals surface area contributed by atoms with Gasteiger partial charge in [-0.05, 0) is 98.8 Å². The van der Waals surface area contributed by atoms with Gasteiger partial charge in [-0.2, -0.15) is 0 Å². The topological polar surface area (TPSA) is 42.4 Å². The predicted molar refractivity (Wildman–Crippen MR) is 222 cm³/mol. The second-order valence-corrected chi connectivity index (χ2v) is 14.7. The molecule has 0 unspecified atom stereocenters. The summed E-state index contributed by atoms with van der Waals surface area (Å²) in [4.78, 5) is 7.32. The number of nitrogens with zero attached hydrogens (tertiary/aromatic N) is 2. The van der Waals surface area contributed by atoms with Crippen LogP contribution in [0.25, 0.3) is 77.5 Å². The number of anilines is 3. The molecule has 8 aromatic carbocycles. The Bertz CT molecular complexity index is 3050. The van der Waals surface area contributed by atoms with Gasteiger partial charge < -0.3 is 13.7 Å². The molecule has 2 heterocycles. The highest BCUT2D eigenvalue weighted by atomic mass is 16.4. The summed E-state index contributed by atoms with van der Waals surface area (Å²) >= 11 is 0. The molecule has 0 aliphatic heterocycles. The fourth-order valence-corrected chi connectivity index (χ4v) is 8.67.